The molecule has 3 aromatic rings. The van der Waals surface area contributed by atoms with Crippen molar-refractivity contribution in [1.29, 1.82) is 0 Å². The molecule has 5 rings (SSSR count). The van der Waals surface area contributed by atoms with Gasteiger partial charge in [-0.1, -0.05) is 18.2 Å². The summed E-state index contributed by atoms with van der Waals surface area (Å²) in [6.45, 7) is 3.63. The molecule has 180 valence electrons. The van der Waals surface area contributed by atoms with E-state index in [1.165, 1.54) is 0 Å². The third-order valence-corrected chi connectivity index (χ3v) is 6.83. The first-order valence-electron chi connectivity index (χ1n) is 11.5. The number of rotatable bonds is 5. The highest BCUT2D eigenvalue weighted by Gasteiger charge is 2.23. The van der Waals surface area contributed by atoms with Crippen LogP contribution in [0, 0.1) is 0 Å². The topological polar surface area (TPSA) is 92.8 Å². The van der Waals surface area contributed by atoms with Crippen LogP contribution in [0.25, 0.3) is 0 Å². The number of ether oxygens (including phenoxy) is 2. The molecule has 1 atom stereocenters. The van der Waals surface area contributed by atoms with Crippen LogP contribution < -0.4 is 25.0 Å². The number of pyridine rings is 1. The van der Waals surface area contributed by atoms with E-state index < -0.39 is 0 Å². The van der Waals surface area contributed by atoms with Crippen LogP contribution in [0.2, 0.25) is 0 Å². The van der Waals surface area contributed by atoms with E-state index in [1.54, 1.807) is 22.9 Å². The second kappa shape index (κ2) is 10.3. The number of carbonyl (C=O) groups is 2. The number of aromatic nitrogens is 1. The van der Waals surface area contributed by atoms with Crippen molar-refractivity contribution in [2.75, 3.05) is 35.7 Å². The smallest absolute Gasteiger partial charge is 0.326 e. The number of carbonyl (C=O) groups excluding carboxylic acids is 2. The number of nitrogens with zero attached hydrogens (tertiary/aromatic N) is 2. The molecule has 2 aromatic carbocycles. The standard InChI is InChI=1S/C26H26N4O4S/c1-17(19-6-9-22-23(16-19)34-13-12-33-22)28-24(31)15-18-4-7-20(8-5-18)29-26(32)30-11-14-35-25-21(30)3-2-10-27-25/h2-10,16-17H,11-15H2,1H3,(H,28,31)(H,29,32). The van der Waals surface area contributed by atoms with Crippen LogP contribution in [0.15, 0.2) is 65.8 Å². The monoisotopic (exact) mass is 490 g/mol. The van der Waals surface area contributed by atoms with E-state index >= 15 is 0 Å². The number of hydrogen-bond acceptors (Lipinski definition) is 6. The number of thioether (sulfide) groups is 1. The Bertz CT molecular complexity index is 1230. The lowest BCUT2D eigenvalue weighted by Crippen LogP contribution is -2.38. The van der Waals surface area contributed by atoms with Gasteiger partial charge in [0, 0.05) is 24.2 Å². The molecule has 8 nitrogen and oxygen atoms in total. The molecule has 3 amide bonds. The fourth-order valence-electron chi connectivity index (χ4n) is 4.05. The Morgan fingerprint density at radius 1 is 1.09 bits per heavy atom. The number of anilines is 2. The van der Waals surface area contributed by atoms with E-state index in [-0.39, 0.29) is 24.4 Å². The first-order chi connectivity index (χ1) is 17.1. The molecule has 2 aliphatic rings. The second-order valence-corrected chi connectivity index (χ2v) is 9.41. The van der Waals surface area contributed by atoms with E-state index in [0.717, 1.165) is 33.3 Å². The van der Waals surface area contributed by atoms with Crippen molar-refractivity contribution in [2.24, 2.45) is 0 Å². The van der Waals surface area contributed by atoms with E-state index in [9.17, 15) is 9.59 Å². The molecule has 2 N–H and O–H groups in total. The first-order valence-corrected chi connectivity index (χ1v) is 12.5. The predicted octanol–water partition coefficient (Wildman–Crippen LogP) is 4.42. The number of fused-ring (bicyclic) bond motifs is 2. The maximum Gasteiger partial charge on any atom is 0.326 e. The molecule has 0 aliphatic carbocycles. The quantitative estimate of drug-likeness (QED) is 0.550. The molecule has 1 aromatic heterocycles. The van der Waals surface area contributed by atoms with Crippen molar-refractivity contribution in [3.05, 3.63) is 71.9 Å². The van der Waals surface area contributed by atoms with Gasteiger partial charge in [0.1, 0.15) is 18.2 Å². The minimum atomic E-state index is -0.196. The molecular weight excluding hydrogens is 464 g/mol. The van der Waals surface area contributed by atoms with Crippen molar-refractivity contribution in [3.8, 4) is 11.5 Å². The van der Waals surface area contributed by atoms with Gasteiger partial charge in [0.05, 0.1) is 18.2 Å². The molecule has 0 saturated carbocycles. The van der Waals surface area contributed by atoms with Gasteiger partial charge in [-0.25, -0.2) is 9.78 Å². The number of benzene rings is 2. The molecule has 3 heterocycles. The summed E-state index contributed by atoms with van der Waals surface area (Å²) in [5, 5.41) is 6.83. The van der Waals surface area contributed by atoms with Gasteiger partial charge in [0.2, 0.25) is 5.91 Å². The number of amides is 3. The summed E-state index contributed by atoms with van der Waals surface area (Å²) in [7, 11) is 0. The van der Waals surface area contributed by atoms with Gasteiger partial charge in [0.15, 0.2) is 11.5 Å². The molecule has 35 heavy (non-hydrogen) atoms. The number of urea groups is 1. The normalized spacial score (nSPS) is 15.1. The zero-order valence-corrected chi connectivity index (χ0v) is 20.1. The first kappa shape index (κ1) is 23.0. The van der Waals surface area contributed by atoms with Gasteiger partial charge < -0.3 is 20.1 Å². The summed E-state index contributed by atoms with van der Waals surface area (Å²) in [6, 6.07) is 16.4. The molecule has 0 saturated heterocycles. The fourth-order valence-corrected chi connectivity index (χ4v) is 4.98. The Kier molecular flexibility index (Phi) is 6.76. The van der Waals surface area contributed by atoms with Crippen LogP contribution >= 0.6 is 11.8 Å². The van der Waals surface area contributed by atoms with E-state index in [2.05, 4.69) is 15.6 Å². The molecule has 9 heteroatoms. The highest BCUT2D eigenvalue weighted by molar-refractivity contribution is 7.99. The summed E-state index contributed by atoms with van der Waals surface area (Å²) in [4.78, 5) is 31.5. The molecule has 0 radical (unpaired) electrons. The molecule has 0 fully saturated rings. The van der Waals surface area contributed by atoms with Crippen molar-refractivity contribution in [3.63, 3.8) is 0 Å². The second-order valence-electron chi connectivity index (χ2n) is 8.32. The van der Waals surface area contributed by atoms with Gasteiger partial charge >= 0.3 is 6.03 Å². The zero-order chi connectivity index (χ0) is 24.2. The van der Waals surface area contributed by atoms with Crippen molar-refractivity contribution >= 4 is 35.1 Å². The van der Waals surface area contributed by atoms with Crippen LogP contribution in [0.3, 0.4) is 0 Å². The average molecular weight is 491 g/mol. The summed E-state index contributed by atoms with van der Waals surface area (Å²) in [6.07, 6.45) is 1.98. The zero-order valence-electron chi connectivity index (χ0n) is 19.3. The van der Waals surface area contributed by atoms with E-state index in [1.807, 2.05) is 61.5 Å². The van der Waals surface area contributed by atoms with Gasteiger partial charge in [-0.2, -0.15) is 0 Å². The Balaban J connectivity index is 1.16. The van der Waals surface area contributed by atoms with Gasteiger partial charge in [0.25, 0.3) is 0 Å². The summed E-state index contributed by atoms with van der Waals surface area (Å²) < 4.78 is 11.2. The van der Waals surface area contributed by atoms with Crippen molar-refractivity contribution in [1.82, 2.24) is 10.3 Å². The van der Waals surface area contributed by atoms with Crippen molar-refractivity contribution < 1.29 is 19.1 Å². The summed E-state index contributed by atoms with van der Waals surface area (Å²) >= 11 is 1.65. The molecule has 2 aliphatic heterocycles. The van der Waals surface area contributed by atoms with Gasteiger partial charge in [-0.05, 0) is 54.4 Å². The van der Waals surface area contributed by atoms with E-state index in [0.29, 0.717) is 31.2 Å². The lowest BCUT2D eigenvalue weighted by molar-refractivity contribution is -0.121. The van der Waals surface area contributed by atoms with Crippen LogP contribution in [-0.4, -0.2) is 42.4 Å². The maximum atomic E-state index is 12.8. The Labute approximate surface area is 208 Å². The van der Waals surface area contributed by atoms with Crippen LogP contribution in [-0.2, 0) is 11.2 Å². The number of hydrogen-bond donors (Lipinski definition) is 2. The van der Waals surface area contributed by atoms with Gasteiger partial charge in [-0.3, -0.25) is 9.69 Å². The molecular formula is C26H26N4O4S. The predicted molar refractivity (Wildman–Crippen MR) is 135 cm³/mol. The Morgan fingerprint density at radius 2 is 1.89 bits per heavy atom. The average Bonchev–Trinajstić information content (AvgIpc) is 2.89. The SMILES string of the molecule is CC(NC(=O)Cc1ccc(NC(=O)N2CCSc3ncccc32)cc1)c1ccc2c(c1)OCCO2. The summed E-state index contributed by atoms with van der Waals surface area (Å²) in [5.74, 6) is 2.15. The van der Waals surface area contributed by atoms with Gasteiger partial charge in [-0.15, -0.1) is 11.8 Å². The van der Waals surface area contributed by atoms with Crippen LogP contribution in [0.1, 0.15) is 24.1 Å². The minimum Gasteiger partial charge on any atom is -0.486 e. The maximum absolute atomic E-state index is 12.8. The lowest BCUT2D eigenvalue weighted by atomic mass is 10.1. The van der Waals surface area contributed by atoms with Crippen LogP contribution in [0.4, 0.5) is 16.2 Å². The summed E-state index contributed by atoms with van der Waals surface area (Å²) in [5.41, 5.74) is 3.31. The van der Waals surface area contributed by atoms with Crippen molar-refractivity contribution in [2.45, 2.75) is 24.4 Å². The Hall–Kier alpha value is -3.72. The van der Waals surface area contributed by atoms with E-state index in [4.69, 9.17) is 9.47 Å². The highest BCUT2D eigenvalue weighted by atomic mass is 32.2. The minimum absolute atomic E-state index is 0.0842. The Morgan fingerprint density at radius 3 is 2.71 bits per heavy atom. The van der Waals surface area contributed by atoms with Crippen LogP contribution in [0.5, 0.6) is 11.5 Å². The molecule has 0 bridgehead atoms. The molecule has 1 unspecified atom stereocenters. The third kappa shape index (κ3) is 5.35. The third-order valence-electron chi connectivity index (χ3n) is 5.85. The molecule has 0 spiro atoms. The lowest BCUT2D eigenvalue weighted by Gasteiger charge is -2.28. The highest BCUT2D eigenvalue weighted by Crippen LogP contribution is 2.33. The largest absolute Gasteiger partial charge is 0.486 e. The number of nitrogens with one attached hydrogen (secondary N) is 2. The fraction of sp³-hybridized carbons (Fsp3) is 0.269.